The summed E-state index contributed by atoms with van der Waals surface area (Å²) in [5, 5.41) is 0. The van der Waals surface area contributed by atoms with E-state index >= 15 is 0 Å². The van der Waals surface area contributed by atoms with Crippen molar-refractivity contribution in [2.24, 2.45) is 5.92 Å². The SMILES string of the molecule is COc1ccc2c(c1OC)CCC1[C@@H](Cc3cccc(C)c3)N(C)C[C@@H]21. The first-order chi connectivity index (χ1) is 12.6. The van der Waals surface area contributed by atoms with E-state index in [0.29, 0.717) is 17.9 Å². The van der Waals surface area contributed by atoms with Crippen molar-refractivity contribution in [2.75, 3.05) is 27.8 Å². The van der Waals surface area contributed by atoms with Gasteiger partial charge in [-0.3, -0.25) is 0 Å². The van der Waals surface area contributed by atoms with E-state index in [9.17, 15) is 0 Å². The monoisotopic (exact) mass is 351 g/mol. The molecule has 26 heavy (non-hydrogen) atoms. The van der Waals surface area contributed by atoms with E-state index in [1.54, 1.807) is 14.2 Å². The van der Waals surface area contributed by atoms with Gasteiger partial charge >= 0.3 is 0 Å². The van der Waals surface area contributed by atoms with Crippen LogP contribution < -0.4 is 9.47 Å². The number of likely N-dealkylation sites (tertiary alicyclic amines) is 1. The molecule has 1 aliphatic heterocycles. The van der Waals surface area contributed by atoms with Gasteiger partial charge in [0.25, 0.3) is 0 Å². The van der Waals surface area contributed by atoms with Crippen LogP contribution in [-0.4, -0.2) is 38.8 Å². The average molecular weight is 351 g/mol. The molecule has 0 radical (unpaired) electrons. The van der Waals surface area contributed by atoms with Crippen LogP contribution in [0.1, 0.15) is 34.6 Å². The summed E-state index contributed by atoms with van der Waals surface area (Å²) in [5.41, 5.74) is 5.64. The minimum Gasteiger partial charge on any atom is -0.493 e. The van der Waals surface area contributed by atoms with Crippen molar-refractivity contribution in [1.82, 2.24) is 4.90 Å². The Kier molecular flexibility index (Phi) is 4.66. The number of benzene rings is 2. The van der Waals surface area contributed by atoms with Crippen molar-refractivity contribution < 1.29 is 9.47 Å². The van der Waals surface area contributed by atoms with Crippen molar-refractivity contribution in [3.8, 4) is 11.5 Å². The molecule has 3 heteroatoms. The van der Waals surface area contributed by atoms with E-state index in [0.717, 1.165) is 30.9 Å². The molecule has 0 saturated carbocycles. The Hall–Kier alpha value is -2.00. The molecule has 0 N–H and O–H groups in total. The van der Waals surface area contributed by atoms with Gasteiger partial charge in [0.2, 0.25) is 0 Å². The molecular weight excluding hydrogens is 322 g/mol. The number of fused-ring (bicyclic) bond motifs is 3. The molecule has 2 aromatic carbocycles. The Bertz CT molecular complexity index is 801. The summed E-state index contributed by atoms with van der Waals surface area (Å²) in [6, 6.07) is 13.9. The van der Waals surface area contributed by atoms with Crippen LogP contribution in [0.15, 0.2) is 36.4 Å². The molecule has 138 valence electrons. The maximum Gasteiger partial charge on any atom is 0.164 e. The number of aryl methyl sites for hydroxylation is 1. The van der Waals surface area contributed by atoms with E-state index in [1.165, 1.54) is 28.7 Å². The first kappa shape index (κ1) is 17.4. The molecule has 0 bridgehead atoms. The molecule has 3 atom stereocenters. The Balaban J connectivity index is 1.64. The molecule has 1 aliphatic carbocycles. The molecule has 1 unspecified atom stereocenters. The number of likely N-dealkylation sites (N-methyl/N-ethyl adjacent to an activating group) is 1. The van der Waals surface area contributed by atoms with Crippen LogP contribution in [0.3, 0.4) is 0 Å². The molecule has 3 nitrogen and oxygen atoms in total. The topological polar surface area (TPSA) is 21.7 Å². The van der Waals surface area contributed by atoms with Gasteiger partial charge in [0.1, 0.15) is 0 Å². The Morgan fingerprint density at radius 1 is 1.12 bits per heavy atom. The number of nitrogens with zero attached hydrogens (tertiary/aromatic N) is 1. The molecule has 1 heterocycles. The zero-order valence-corrected chi connectivity index (χ0v) is 16.3. The van der Waals surface area contributed by atoms with Crippen LogP contribution in [0.4, 0.5) is 0 Å². The molecular formula is C23H29NO2. The molecule has 2 aromatic rings. The van der Waals surface area contributed by atoms with Gasteiger partial charge in [0.15, 0.2) is 11.5 Å². The van der Waals surface area contributed by atoms with E-state index in [1.807, 2.05) is 0 Å². The van der Waals surface area contributed by atoms with Crippen LogP contribution in [-0.2, 0) is 12.8 Å². The number of methoxy groups -OCH3 is 2. The van der Waals surface area contributed by atoms with Gasteiger partial charge in [0.05, 0.1) is 14.2 Å². The standard InChI is InChI=1S/C23H29NO2/c1-15-6-5-7-16(12-15)13-21-18-8-9-19-17(20(18)14-24(21)2)10-11-22(25-3)23(19)26-4/h5-7,10-12,18,20-21H,8-9,13-14H2,1-4H3/t18?,20-,21+/m0/s1. The lowest BCUT2D eigenvalue weighted by atomic mass is 9.73. The molecule has 0 aromatic heterocycles. The van der Waals surface area contributed by atoms with Gasteiger partial charge in [-0.1, -0.05) is 35.9 Å². The average Bonchev–Trinajstić information content (AvgIpc) is 2.96. The fraction of sp³-hybridized carbons (Fsp3) is 0.478. The largest absolute Gasteiger partial charge is 0.493 e. The maximum absolute atomic E-state index is 5.71. The highest BCUT2D eigenvalue weighted by Gasteiger charge is 2.44. The van der Waals surface area contributed by atoms with Crippen molar-refractivity contribution in [1.29, 1.82) is 0 Å². The van der Waals surface area contributed by atoms with E-state index < -0.39 is 0 Å². The molecule has 0 spiro atoms. The van der Waals surface area contributed by atoms with Crippen LogP contribution in [0, 0.1) is 12.8 Å². The molecule has 0 amide bonds. The van der Waals surface area contributed by atoms with Crippen LogP contribution in [0.5, 0.6) is 11.5 Å². The third kappa shape index (κ3) is 2.88. The maximum atomic E-state index is 5.71. The van der Waals surface area contributed by atoms with Gasteiger partial charge in [-0.25, -0.2) is 0 Å². The summed E-state index contributed by atoms with van der Waals surface area (Å²) in [5.74, 6) is 3.10. The minimum atomic E-state index is 0.596. The van der Waals surface area contributed by atoms with Crippen LogP contribution in [0.2, 0.25) is 0 Å². The Morgan fingerprint density at radius 3 is 2.69 bits per heavy atom. The van der Waals surface area contributed by atoms with Crippen molar-refractivity contribution in [3.63, 3.8) is 0 Å². The summed E-state index contributed by atoms with van der Waals surface area (Å²) < 4.78 is 11.2. The van der Waals surface area contributed by atoms with Crippen molar-refractivity contribution in [2.45, 2.75) is 38.1 Å². The highest BCUT2D eigenvalue weighted by molar-refractivity contribution is 5.53. The zero-order chi connectivity index (χ0) is 18.3. The summed E-state index contributed by atoms with van der Waals surface area (Å²) in [4.78, 5) is 2.57. The first-order valence-corrected chi connectivity index (χ1v) is 9.62. The summed E-state index contributed by atoms with van der Waals surface area (Å²) >= 11 is 0. The summed E-state index contributed by atoms with van der Waals surface area (Å²) in [6.45, 7) is 3.31. The number of hydrogen-bond acceptors (Lipinski definition) is 3. The second-order valence-corrected chi connectivity index (χ2v) is 7.88. The lowest BCUT2D eigenvalue weighted by Gasteiger charge is -2.32. The fourth-order valence-electron chi connectivity index (χ4n) is 5.21. The third-order valence-corrected chi connectivity index (χ3v) is 6.40. The fourth-order valence-corrected chi connectivity index (χ4v) is 5.21. The van der Waals surface area contributed by atoms with Gasteiger partial charge in [-0.15, -0.1) is 0 Å². The number of rotatable bonds is 4. The van der Waals surface area contributed by atoms with Gasteiger partial charge in [-0.05, 0) is 56.3 Å². The second kappa shape index (κ2) is 6.96. The van der Waals surface area contributed by atoms with Crippen LogP contribution >= 0.6 is 0 Å². The molecule has 1 fully saturated rings. The lowest BCUT2D eigenvalue weighted by molar-refractivity contribution is 0.258. The first-order valence-electron chi connectivity index (χ1n) is 9.62. The minimum absolute atomic E-state index is 0.596. The highest BCUT2D eigenvalue weighted by atomic mass is 16.5. The van der Waals surface area contributed by atoms with Crippen molar-refractivity contribution in [3.05, 3.63) is 58.7 Å². The Morgan fingerprint density at radius 2 is 1.96 bits per heavy atom. The zero-order valence-electron chi connectivity index (χ0n) is 16.3. The second-order valence-electron chi connectivity index (χ2n) is 7.88. The summed E-state index contributed by atoms with van der Waals surface area (Å²) in [7, 11) is 5.77. The third-order valence-electron chi connectivity index (χ3n) is 6.40. The molecule has 1 saturated heterocycles. The predicted molar refractivity (Wildman–Crippen MR) is 105 cm³/mol. The molecule has 2 aliphatic rings. The normalized spacial score (nSPS) is 24.8. The van der Waals surface area contributed by atoms with Gasteiger partial charge in [-0.2, -0.15) is 0 Å². The van der Waals surface area contributed by atoms with E-state index in [2.05, 4.69) is 55.3 Å². The van der Waals surface area contributed by atoms with E-state index in [-0.39, 0.29) is 0 Å². The predicted octanol–water partition coefficient (Wildman–Crippen LogP) is 4.21. The Labute approximate surface area is 156 Å². The summed E-state index contributed by atoms with van der Waals surface area (Å²) in [6.07, 6.45) is 3.44. The molecule has 4 rings (SSSR count). The van der Waals surface area contributed by atoms with Gasteiger partial charge < -0.3 is 14.4 Å². The highest BCUT2D eigenvalue weighted by Crippen LogP contribution is 2.49. The smallest absolute Gasteiger partial charge is 0.164 e. The van der Waals surface area contributed by atoms with Crippen molar-refractivity contribution >= 4 is 0 Å². The number of hydrogen-bond donors (Lipinski definition) is 0. The lowest BCUT2D eigenvalue weighted by Crippen LogP contribution is -2.32. The quantitative estimate of drug-likeness (QED) is 0.823. The van der Waals surface area contributed by atoms with E-state index in [4.69, 9.17) is 9.47 Å². The van der Waals surface area contributed by atoms with Gasteiger partial charge in [0, 0.05) is 24.1 Å². The van der Waals surface area contributed by atoms with Crippen LogP contribution in [0.25, 0.3) is 0 Å². The number of ether oxygens (including phenoxy) is 2.